The second kappa shape index (κ2) is 17.3. The van der Waals surface area contributed by atoms with E-state index < -0.39 is 22.7 Å². The van der Waals surface area contributed by atoms with Crippen LogP contribution in [0.5, 0.6) is 5.75 Å². The molecule has 11 heteroatoms. The van der Waals surface area contributed by atoms with E-state index in [2.05, 4.69) is 26.9 Å². The van der Waals surface area contributed by atoms with Crippen LogP contribution >= 0.6 is 0 Å². The highest BCUT2D eigenvalue weighted by atomic mass is 32.2. The number of benzene rings is 1. The van der Waals surface area contributed by atoms with Crippen LogP contribution in [0.4, 0.5) is 24.8 Å². The van der Waals surface area contributed by atoms with Crippen LogP contribution in [-0.2, 0) is 23.6 Å². The molecule has 1 heterocycles. The molecule has 7 nitrogen and oxygen atoms in total. The Morgan fingerprint density at radius 3 is 2.35 bits per heavy atom. The molecule has 0 spiro atoms. The highest BCUT2D eigenvalue weighted by molar-refractivity contribution is 7.82. The Morgan fingerprint density at radius 1 is 1.22 bits per heavy atom. The summed E-state index contributed by atoms with van der Waals surface area (Å²) < 4.78 is 55.7. The predicted molar refractivity (Wildman–Crippen MR) is 143 cm³/mol. The zero-order chi connectivity index (χ0) is 27.8. The highest BCUT2D eigenvalue weighted by Crippen LogP contribution is 2.32. The number of hydrogen-bond donors (Lipinski definition) is 3. The Hall–Kier alpha value is -2.24. The molecule has 3 N–H and O–H groups in total. The molecule has 37 heavy (non-hydrogen) atoms. The fourth-order valence-electron chi connectivity index (χ4n) is 3.93. The van der Waals surface area contributed by atoms with Gasteiger partial charge in [0.1, 0.15) is 5.75 Å². The molecule has 1 aromatic carbocycles. The zero-order valence-corrected chi connectivity index (χ0v) is 23.3. The maximum atomic E-state index is 12.7. The van der Waals surface area contributed by atoms with Crippen molar-refractivity contribution >= 4 is 22.6 Å². The van der Waals surface area contributed by atoms with Crippen molar-refractivity contribution in [2.45, 2.75) is 71.4 Å². The van der Waals surface area contributed by atoms with E-state index in [0.29, 0.717) is 17.9 Å². The number of rotatable bonds is 8. The zero-order valence-electron chi connectivity index (χ0n) is 22.5. The van der Waals surface area contributed by atoms with Gasteiger partial charge in [0, 0.05) is 19.1 Å². The van der Waals surface area contributed by atoms with Crippen molar-refractivity contribution in [1.29, 1.82) is 0 Å². The minimum Gasteiger partial charge on any atom is -0.495 e. The minimum absolute atomic E-state index is 0.0111. The molecule has 1 aliphatic carbocycles. The summed E-state index contributed by atoms with van der Waals surface area (Å²) in [5.41, 5.74) is 0.368. The second-order valence-corrected chi connectivity index (χ2v) is 10.1. The molecule has 0 radical (unpaired) electrons. The third-order valence-corrected chi connectivity index (χ3v) is 6.48. The van der Waals surface area contributed by atoms with Crippen LogP contribution in [0.15, 0.2) is 24.4 Å². The maximum Gasteiger partial charge on any atom is 0.419 e. The Balaban J connectivity index is 0.000000400. The molecule has 0 aliphatic heterocycles. The van der Waals surface area contributed by atoms with Crippen LogP contribution in [0, 0.1) is 12.8 Å². The smallest absolute Gasteiger partial charge is 0.419 e. The first-order chi connectivity index (χ1) is 17.5. The molecule has 1 aliphatic rings. The number of methoxy groups -OCH3 is 1. The van der Waals surface area contributed by atoms with Gasteiger partial charge < -0.3 is 15.2 Å². The number of aliphatic hydroxyl groups excluding tert-OH is 1. The van der Waals surface area contributed by atoms with Gasteiger partial charge in [0.2, 0.25) is 5.95 Å². The van der Waals surface area contributed by atoms with Crippen molar-refractivity contribution in [1.82, 2.24) is 14.7 Å². The molecule has 1 atom stereocenters. The number of nitrogens with one attached hydrogen (secondary N) is 2. The van der Waals surface area contributed by atoms with E-state index in [1.54, 1.807) is 31.5 Å². The lowest BCUT2D eigenvalue weighted by atomic mass is 9.86. The molecule has 0 bridgehead atoms. The summed E-state index contributed by atoms with van der Waals surface area (Å²) in [6.07, 6.45) is 8.76. The van der Waals surface area contributed by atoms with Gasteiger partial charge in [-0.15, -0.1) is 0 Å². The van der Waals surface area contributed by atoms with Crippen molar-refractivity contribution in [2.24, 2.45) is 5.92 Å². The molecule has 1 unspecified atom stereocenters. The summed E-state index contributed by atoms with van der Waals surface area (Å²) in [6, 6.07) is 5.20. The highest BCUT2D eigenvalue weighted by Gasteiger charge is 2.33. The van der Waals surface area contributed by atoms with Gasteiger partial charge in [0.25, 0.3) is 0 Å². The van der Waals surface area contributed by atoms with Crippen molar-refractivity contribution in [3.8, 4) is 5.75 Å². The number of nitrogens with zero attached hydrogens (tertiary/aromatic N) is 2. The van der Waals surface area contributed by atoms with Crippen LogP contribution < -0.4 is 14.8 Å². The molecular formula is C26H41F3N4O3S. The van der Waals surface area contributed by atoms with Crippen molar-refractivity contribution in [3.05, 3.63) is 41.2 Å². The molecule has 0 saturated heterocycles. The van der Waals surface area contributed by atoms with Crippen LogP contribution in [0.25, 0.3) is 0 Å². The molecule has 1 fully saturated rings. The minimum atomic E-state index is -4.48. The fraction of sp³-hybridized carbons (Fsp3) is 0.615. The third kappa shape index (κ3) is 12.7. The van der Waals surface area contributed by atoms with Gasteiger partial charge >= 0.3 is 6.18 Å². The van der Waals surface area contributed by atoms with E-state index in [9.17, 15) is 17.4 Å². The van der Waals surface area contributed by atoms with E-state index in [1.165, 1.54) is 59.0 Å². The number of halogens is 3. The Kier molecular flexibility index (Phi) is 15.3. The summed E-state index contributed by atoms with van der Waals surface area (Å²) in [5.74, 6) is 1.63. The van der Waals surface area contributed by atoms with Gasteiger partial charge in [-0.25, -0.2) is 18.9 Å². The van der Waals surface area contributed by atoms with E-state index in [4.69, 9.17) is 9.84 Å². The van der Waals surface area contributed by atoms with Crippen molar-refractivity contribution in [2.75, 3.05) is 32.3 Å². The van der Waals surface area contributed by atoms with Crippen LogP contribution in [0.3, 0.4) is 0 Å². The number of aryl methyl sites for hydroxylation is 1. The van der Waals surface area contributed by atoms with Gasteiger partial charge in [0.05, 0.1) is 35.0 Å². The quantitative estimate of drug-likeness (QED) is 0.378. The Morgan fingerprint density at radius 2 is 1.86 bits per heavy atom. The van der Waals surface area contributed by atoms with Gasteiger partial charge in [-0.3, -0.25) is 0 Å². The Labute approximate surface area is 221 Å². The summed E-state index contributed by atoms with van der Waals surface area (Å²) in [5, 5.41) is 11.8. The van der Waals surface area contributed by atoms with Crippen LogP contribution in [-0.4, -0.2) is 46.3 Å². The summed E-state index contributed by atoms with van der Waals surface area (Å²) in [4.78, 5) is 7.53. The van der Waals surface area contributed by atoms with Gasteiger partial charge in [-0.2, -0.15) is 13.2 Å². The molecule has 1 aromatic heterocycles. The summed E-state index contributed by atoms with van der Waals surface area (Å²) in [6.45, 7) is 3.59. The predicted octanol–water partition coefficient (Wildman–Crippen LogP) is 5.96. The van der Waals surface area contributed by atoms with Crippen LogP contribution in [0.1, 0.15) is 68.7 Å². The largest absolute Gasteiger partial charge is 0.495 e. The van der Waals surface area contributed by atoms with Gasteiger partial charge in [-0.1, -0.05) is 57.9 Å². The van der Waals surface area contributed by atoms with E-state index in [1.807, 2.05) is 0 Å². The first-order valence-corrected chi connectivity index (χ1v) is 14.1. The lowest BCUT2D eigenvalue weighted by Crippen LogP contribution is -2.11. The average molecular weight is 547 g/mol. The topological polar surface area (TPSA) is 96.4 Å². The SMILES string of the molecule is CCCC1CCCCC1.CNS(C)=O.COc1cc(CCO)ccc1Nc1ncc(C(F)(F)F)c(C)n1. The number of aliphatic hydroxyl groups is 1. The molecule has 3 rings (SSSR count). The summed E-state index contributed by atoms with van der Waals surface area (Å²) >= 11 is 0. The first kappa shape index (κ1) is 32.8. The molecule has 2 aromatic rings. The van der Waals surface area contributed by atoms with Gasteiger partial charge in [-0.05, 0) is 44.0 Å². The molecular weight excluding hydrogens is 505 g/mol. The fourth-order valence-corrected chi connectivity index (χ4v) is 3.93. The number of ether oxygens (including phenoxy) is 1. The summed E-state index contributed by atoms with van der Waals surface area (Å²) in [7, 11) is 2.30. The number of hydrogen-bond acceptors (Lipinski definition) is 6. The van der Waals surface area contributed by atoms with E-state index in [0.717, 1.165) is 17.7 Å². The molecule has 0 amide bonds. The standard InChI is InChI=1S/C15H16F3N3O2.C9H18.C2H7NOS/c1-9-11(15(16,17)18)8-19-14(20-9)21-12-4-3-10(5-6-22)7-13(12)23-2;1-2-6-9-7-4-3-5-8-9;1-3-5(2)4/h3-4,7-8,22H,5-6H2,1-2H3,(H,19,20,21);9H,2-8H2,1H3;3H,1-2H3. The molecule has 210 valence electrons. The Bertz CT molecular complexity index is 952. The lowest BCUT2D eigenvalue weighted by Gasteiger charge is -2.20. The molecule has 1 saturated carbocycles. The van der Waals surface area contributed by atoms with Crippen molar-refractivity contribution < 1.29 is 27.2 Å². The number of anilines is 2. The van der Waals surface area contributed by atoms with Gasteiger partial charge in [0.15, 0.2) is 0 Å². The third-order valence-electron chi connectivity index (χ3n) is 5.91. The lowest BCUT2D eigenvalue weighted by molar-refractivity contribution is -0.138. The van der Waals surface area contributed by atoms with E-state index >= 15 is 0 Å². The monoisotopic (exact) mass is 546 g/mol. The van der Waals surface area contributed by atoms with Crippen LogP contribution in [0.2, 0.25) is 0 Å². The maximum absolute atomic E-state index is 12.7. The number of aromatic nitrogens is 2. The van der Waals surface area contributed by atoms with E-state index in [-0.39, 0.29) is 18.2 Å². The second-order valence-electron chi connectivity index (χ2n) is 8.77. The average Bonchev–Trinajstić information content (AvgIpc) is 2.86. The van der Waals surface area contributed by atoms with Crippen molar-refractivity contribution in [3.63, 3.8) is 0 Å². The normalized spacial score (nSPS) is 14.5. The number of alkyl halides is 3. The first-order valence-electron chi connectivity index (χ1n) is 12.5.